The summed E-state index contributed by atoms with van der Waals surface area (Å²) in [6.07, 6.45) is 0.905. The third-order valence-electron chi connectivity index (χ3n) is 2.88. The molecule has 2 N–H and O–H groups in total. The van der Waals surface area contributed by atoms with Gasteiger partial charge in [-0.05, 0) is 5.38 Å². The summed E-state index contributed by atoms with van der Waals surface area (Å²) in [5, 5.41) is 22.4. The van der Waals surface area contributed by atoms with E-state index in [1.165, 1.54) is 27.7 Å². The summed E-state index contributed by atoms with van der Waals surface area (Å²) in [5.74, 6) is -1.09. The second-order valence-electron chi connectivity index (χ2n) is 4.26. The molecule has 1 amide bonds. The molecule has 0 spiro atoms. The predicted octanol–water partition coefficient (Wildman–Crippen LogP) is 1.27. The highest BCUT2D eigenvalue weighted by atomic mass is 32.1. The minimum Gasteiger partial charge on any atom is -0.478 e. The zero-order chi connectivity index (χ0) is 14.0. The molecule has 0 aliphatic carbocycles. The Morgan fingerprint density at radius 3 is 2.79 bits per heavy atom. The van der Waals surface area contributed by atoms with Crippen molar-refractivity contribution in [1.82, 2.24) is 4.90 Å². The normalized spacial score (nSPS) is 16.6. The van der Waals surface area contributed by atoms with Crippen LogP contribution in [0.25, 0.3) is 0 Å². The zero-order valence-electron chi connectivity index (χ0n) is 10.0. The number of carbonyl (C=O) groups excluding carboxylic acids is 1. The summed E-state index contributed by atoms with van der Waals surface area (Å²) < 4.78 is 4.83. The van der Waals surface area contributed by atoms with Gasteiger partial charge < -0.3 is 19.8 Å². The van der Waals surface area contributed by atoms with E-state index >= 15 is 0 Å². The molecular weight excluding hydrogens is 270 g/mol. The molecule has 0 atom stereocenters. The van der Waals surface area contributed by atoms with E-state index in [-0.39, 0.29) is 25.3 Å². The first-order valence-electron chi connectivity index (χ1n) is 5.53. The molecule has 0 aromatic carbocycles. The van der Waals surface area contributed by atoms with Crippen LogP contribution in [0, 0.1) is 0 Å². The number of thiophene rings is 1. The monoisotopic (exact) mass is 283 g/mol. The number of carboxylic acid groups (broad SMARTS) is 1. The Kier molecular flexibility index (Phi) is 3.59. The van der Waals surface area contributed by atoms with Gasteiger partial charge in [0.15, 0.2) is 0 Å². The number of nitrogens with zero attached hydrogens (tertiary/aromatic N) is 1. The van der Waals surface area contributed by atoms with Crippen LogP contribution in [0.15, 0.2) is 23.4 Å². The number of β-amino-alcohol motifs (C(OH)–C–C–N with tert-alkyl or cyclic N) is 1. The van der Waals surface area contributed by atoms with Gasteiger partial charge in [-0.1, -0.05) is 12.7 Å². The standard InChI is InChI=1S/C12H13NO5S/c1-2-3-18-11(16)13-6-12(17,7-13)9-5-19-4-8(9)10(14)15/h2,4-5,17H,1,3,6-7H2,(H,14,15). The fourth-order valence-corrected chi connectivity index (χ4v) is 2.84. The van der Waals surface area contributed by atoms with Crippen molar-refractivity contribution in [3.8, 4) is 0 Å². The lowest BCUT2D eigenvalue weighted by Crippen LogP contribution is -2.61. The maximum Gasteiger partial charge on any atom is 0.410 e. The molecular formula is C12H13NO5S. The Labute approximate surface area is 113 Å². The van der Waals surface area contributed by atoms with Gasteiger partial charge in [0.2, 0.25) is 0 Å². The van der Waals surface area contributed by atoms with Gasteiger partial charge in [-0.2, -0.15) is 11.3 Å². The van der Waals surface area contributed by atoms with Crippen molar-refractivity contribution in [3.05, 3.63) is 34.5 Å². The van der Waals surface area contributed by atoms with E-state index in [2.05, 4.69) is 6.58 Å². The second-order valence-corrected chi connectivity index (χ2v) is 5.00. The fraction of sp³-hybridized carbons (Fsp3) is 0.333. The number of carbonyl (C=O) groups is 2. The summed E-state index contributed by atoms with van der Waals surface area (Å²) in [4.78, 5) is 23.8. The lowest BCUT2D eigenvalue weighted by Gasteiger charge is -2.45. The summed E-state index contributed by atoms with van der Waals surface area (Å²) in [6, 6.07) is 0. The predicted molar refractivity (Wildman–Crippen MR) is 68.3 cm³/mol. The van der Waals surface area contributed by atoms with Crippen LogP contribution in [-0.4, -0.2) is 46.9 Å². The number of rotatable bonds is 4. The van der Waals surface area contributed by atoms with Gasteiger partial charge in [0, 0.05) is 10.9 Å². The highest BCUT2D eigenvalue weighted by Gasteiger charge is 2.47. The number of likely N-dealkylation sites (tertiary alicyclic amines) is 1. The van der Waals surface area contributed by atoms with E-state index < -0.39 is 17.7 Å². The van der Waals surface area contributed by atoms with Crippen molar-refractivity contribution < 1.29 is 24.5 Å². The number of hydrogen-bond acceptors (Lipinski definition) is 5. The molecule has 6 nitrogen and oxygen atoms in total. The molecule has 1 fully saturated rings. The van der Waals surface area contributed by atoms with Gasteiger partial charge in [0.25, 0.3) is 0 Å². The van der Waals surface area contributed by atoms with E-state index in [0.29, 0.717) is 5.56 Å². The van der Waals surface area contributed by atoms with Crippen LogP contribution in [-0.2, 0) is 10.3 Å². The van der Waals surface area contributed by atoms with Gasteiger partial charge in [-0.15, -0.1) is 0 Å². The highest BCUT2D eigenvalue weighted by molar-refractivity contribution is 7.08. The first kappa shape index (κ1) is 13.6. The largest absolute Gasteiger partial charge is 0.478 e. The van der Waals surface area contributed by atoms with Crippen LogP contribution >= 0.6 is 11.3 Å². The second kappa shape index (κ2) is 5.02. The Bertz CT molecular complexity index is 518. The van der Waals surface area contributed by atoms with E-state index in [1.807, 2.05) is 0 Å². The summed E-state index contributed by atoms with van der Waals surface area (Å²) in [6.45, 7) is 3.59. The van der Waals surface area contributed by atoms with E-state index in [1.54, 1.807) is 5.38 Å². The van der Waals surface area contributed by atoms with Crippen molar-refractivity contribution in [3.63, 3.8) is 0 Å². The van der Waals surface area contributed by atoms with Gasteiger partial charge in [-0.3, -0.25) is 0 Å². The molecule has 102 valence electrons. The summed E-state index contributed by atoms with van der Waals surface area (Å²) in [5.41, 5.74) is -0.884. The Morgan fingerprint density at radius 1 is 1.53 bits per heavy atom. The number of carboxylic acids is 1. The molecule has 7 heteroatoms. The number of aliphatic hydroxyl groups is 1. The Balaban J connectivity index is 2.04. The SMILES string of the molecule is C=CCOC(=O)N1CC(O)(c2cscc2C(=O)O)C1. The fourth-order valence-electron chi connectivity index (χ4n) is 1.93. The molecule has 2 rings (SSSR count). The lowest BCUT2D eigenvalue weighted by atomic mass is 9.86. The topological polar surface area (TPSA) is 87.1 Å². The molecule has 1 aromatic rings. The quantitative estimate of drug-likeness (QED) is 0.813. The third-order valence-corrected chi connectivity index (χ3v) is 3.63. The number of amides is 1. The van der Waals surface area contributed by atoms with Crippen LogP contribution in [0.4, 0.5) is 4.79 Å². The maximum atomic E-state index is 11.5. The van der Waals surface area contributed by atoms with Gasteiger partial charge >= 0.3 is 12.1 Å². The molecule has 0 radical (unpaired) electrons. The van der Waals surface area contributed by atoms with E-state index in [0.717, 1.165) is 0 Å². The van der Waals surface area contributed by atoms with Crippen molar-refractivity contribution in [2.24, 2.45) is 0 Å². The smallest absolute Gasteiger partial charge is 0.410 e. The first-order valence-corrected chi connectivity index (χ1v) is 6.47. The van der Waals surface area contributed by atoms with Crippen molar-refractivity contribution >= 4 is 23.4 Å². The van der Waals surface area contributed by atoms with Crippen LogP contribution in [0.2, 0.25) is 0 Å². The zero-order valence-corrected chi connectivity index (χ0v) is 10.9. The van der Waals surface area contributed by atoms with Crippen LogP contribution in [0.3, 0.4) is 0 Å². The molecule has 1 aromatic heterocycles. The molecule has 1 aliphatic rings. The van der Waals surface area contributed by atoms with Gasteiger partial charge in [-0.25, -0.2) is 9.59 Å². The first-order chi connectivity index (χ1) is 8.98. The number of ether oxygens (including phenoxy) is 1. The van der Waals surface area contributed by atoms with Crippen LogP contribution < -0.4 is 0 Å². The number of aromatic carboxylic acids is 1. The average molecular weight is 283 g/mol. The molecule has 2 heterocycles. The Hall–Kier alpha value is -1.86. The average Bonchev–Trinajstić information content (AvgIpc) is 2.81. The molecule has 0 saturated carbocycles. The lowest BCUT2D eigenvalue weighted by molar-refractivity contribution is -0.0933. The molecule has 1 aliphatic heterocycles. The highest BCUT2D eigenvalue weighted by Crippen LogP contribution is 2.36. The van der Waals surface area contributed by atoms with Crippen LogP contribution in [0.1, 0.15) is 15.9 Å². The molecule has 0 bridgehead atoms. The van der Waals surface area contributed by atoms with Gasteiger partial charge in [0.05, 0.1) is 18.7 Å². The minimum absolute atomic E-state index is 0.0278. The molecule has 19 heavy (non-hydrogen) atoms. The molecule has 0 unspecified atom stereocenters. The van der Waals surface area contributed by atoms with Crippen molar-refractivity contribution in [2.45, 2.75) is 5.60 Å². The third kappa shape index (κ3) is 2.47. The summed E-state index contributed by atoms with van der Waals surface area (Å²) in [7, 11) is 0. The molecule has 1 saturated heterocycles. The summed E-state index contributed by atoms with van der Waals surface area (Å²) >= 11 is 1.21. The maximum absolute atomic E-state index is 11.5. The Morgan fingerprint density at radius 2 is 2.21 bits per heavy atom. The van der Waals surface area contributed by atoms with Gasteiger partial charge in [0.1, 0.15) is 12.2 Å². The minimum atomic E-state index is -1.30. The number of hydrogen-bond donors (Lipinski definition) is 2. The van der Waals surface area contributed by atoms with E-state index in [4.69, 9.17) is 9.84 Å². The van der Waals surface area contributed by atoms with Crippen molar-refractivity contribution in [1.29, 1.82) is 0 Å². The van der Waals surface area contributed by atoms with Crippen LogP contribution in [0.5, 0.6) is 0 Å². The van der Waals surface area contributed by atoms with E-state index in [9.17, 15) is 14.7 Å². The van der Waals surface area contributed by atoms with Crippen molar-refractivity contribution in [2.75, 3.05) is 19.7 Å².